The summed E-state index contributed by atoms with van der Waals surface area (Å²) in [4.78, 5) is 20.2. The Hall–Kier alpha value is -2.69. The molecule has 4 rings (SSSR count). The van der Waals surface area contributed by atoms with Gasteiger partial charge in [-0.2, -0.15) is 0 Å². The van der Waals surface area contributed by atoms with Crippen LogP contribution < -0.4 is 5.56 Å². The quantitative estimate of drug-likeness (QED) is 0.381. The minimum Gasteiger partial charge on any atom is -0.347 e. The molecule has 1 atom stereocenters. The van der Waals surface area contributed by atoms with E-state index < -0.39 is 29.9 Å². The van der Waals surface area contributed by atoms with Gasteiger partial charge in [0.15, 0.2) is 19.7 Å². The van der Waals surface area contributed by atoms with Crippen LogP contribution in [0.2, 0.25) is 5.02 Å². The van der Waals surface area contributed by atoms with Crippen molar-refractivity contribution in [2.24, 2.45) is 16.8 Å². The van der Waals surface area contributed by atoms with E-state index in [0.717, 1.165) is 18.1 Å². The van der Waals surface area contributed by atoms with Crippen LogP contribution in [0.3, 0.4) is 0 Å². The number of amidine groups is 1. The van der Waals surface area contributed by atoms with E-state index in [-0.39, 0.29) is 30.5 Å². The minimum absolute atomic E-state index is 0.151. The zero-order valence-corrected chi connectivity index (χ0v) is 25.3. The van der Waals surface area contributed by atoms with Gasteiger partial charge < -0.3 is 9.47 Å². The Balaban J connectivity index is 2.02. The molecule has 0 fully saturated rings. The fourth-order valence-electron chi connectivity index (χ4n) is 5.33. The second-order valence-corrected chi connectivity index (χ2v) is 16.0. The largest absolute Gasteiger partial charge is 0.347 e. The average Bonchev–Trinajstić information content (AvgIpc) is 3.24. The number of hydrogen-bond donors (Lipinski definition) is 0. The molecule has 39 heavy (non-hydrogen) atoms. The van der Waals surface area contributed by atoms with Gasteiger partial charge in [-0.1, -0.05) is 69.6 Å². The van der Waals surface area contributed by atoms with E-state index in [9.17, 15) is 21.6 Å². The molecule has 0 N–H and O–H groups in total. The molecule has 3 aromatic rings. The Morgan fingerprint density at radius 2 is 1.56 bits per heavy atom. The molecule has 11 heteroatoms. The van der Waals surface area contributed by atoms with Gasteiger partial charge in [0.2, 0.25) is 0 Å². The van der Waals surface area contributed by atoms with Crippen LogP contribution in [0.1, 0.15) is 45.0 Å². The summed E-state index contributed by atoms with van der Waals surface area (Å²) in [7, 11) is -8.35. The van der Waals surface area contributed by atoms with E-state index >= 15 is 0 Å². The van der Waals surface area contributed by atoms with Crippen LogP contribution in [-0.2, 0) is 26.2 Å². The summed E-state index contributed by atoms with van der Waals surface area (Å²) in [5.74, 6) is -0.0581. The van der Waals surface area contributed by atoms with Gasteiger partial charge in [0.25, 0.3) is 9.76 Å². The molecule has 1 aliphatic heterocycles. The molecule has 0 amide bonds. The summed E-state index contributed by atoms with van der Waals surface area (Å²) >= 11 is 6.29. The maximum Gasteiger partial charge on any atom is 0.279 e. The monoisotopic (exact) mass is 591 g/mol. The van der Waals surface area contributed by atoms with Crippen molar-refractivity contribution in [1.82, 2.24) is 9.47 Å². The van der Waals surface area contributed by atoms with E-state index in [0.29, 0.717) is 27.3 Å². The number of aliphatic imine (C=N–C) groups is 1. The highest BCUT2D eigenvalue weighted by Gasteiger charge is 2.57. The van der Waals surface area contributed by atoms with Gasteiger partial charge in [0.05, 0.1) is 19.1 Å². The van der Waals surface area contributed by atoms with Crippen molar-refractivity contribution in [2.45, 2.75) is 44.5 Å². The normalized spacial score (nSPS) is 16.7. The molecule has 0 radical (unpaired) electrons. The van der Waals surface area contributed by atoms with Crippen molar-refractivity contribution in [3.63, 3.8) is 0 Å². The van der Waals surface area contributed by atoms with Crippen molar-refractivity contribution < 1.29 is 16.8 Å². The lowest BCUT2D eigenvalue weighted by molar-refractivity contribution is 0.242. The SMILES string of the molecule is CC(C)C1=NC(S(C)(=O)=O)(S(C)(=O)=O)CN1C(c1cc2cc(Cl)ccc2c(=O)n1Cc1ccccc1)C(C)C. The summed E-state index contributed by atoms with van der Waals surface area (Å²) in [6.45, 7) is 7.53. The van der Waals surface area contributed by atoms with Gasteiger partial charge in [-0.15, -0.1) is 0 Å². The van der Waals surface area contributed by atoms with Crippen molar-refractivity contribution in [2.75, 3.05) is 19.1 Å². The second kappa shape index (κ2) is 10.4. The Morgan fingerprint density at radius 3 is 2.10 bits per heavy atom. The Morgan fingerprint density at radius 1 is 0.949 bits per heavy atom. The number of halogens is 1. The highest BCUT2D eigenvalue weighted by molar-refractivity contribution is 8.09. The van der Waals surface area contributed by atoms with Crippen LogP contribution in [0.5, 0.6) is 0 Å². The predicted octanol–water partition coefficient (Wildman–Crippen LogP) is 4.51. The van der Waals surface area contributed by atoms with Crippen molar-refractivity contribution in [3.05, 3.63) is 81.2 Å². The smallest absolute Gasteiger partial charge is 0.279 e. The highest BCUT2D eigenvalue weighted by Crippen LogP contribution is 2.41. The van der Waals surface area contributed by atoms with Crippen molar-refractivity contribution >= 4 is 47.9 Å². The zero-order valence-electron chi connectivity index (χ0n) is 22.9. The van der Waals surface area contributed by atoms with Crippen molar-refractivity contribution in [1.29, 1.82) is 0 Å². The Kier molecular flexibility index (Phi) is 7.79. The first-order chi connectivity index (χ1) is 18.1. The molecule has 0 spiro atoms. The molecule has 8 nitrogen and oxygen atoms in total. The summed E-state index contributed by atoms with van der Waals surface area (Å²) in [5, 5.41) is 1.63. The number of sulfone groups is 2. The third-order valence-corrected chi connectivity index (χ3v) is 12.0. The lowest BCUT2D eigenvalue weighted by Gasteiger charge is -2.37. The summed E-state index contributed by atoms with van der Waals surface area (Å²) in [6.07, 6.45) is 1.82. The standard InChI is InChI=1S/C28H34ClN3O5S2/c1-18(2)25(32-17-28(38(5,34)35,39(6,36)37)30-26(32)19(3)4)24-15-21-14-22(29)12-13-23(21)27(33)31(24)16-20-10-8-7-9-11-20/h7-15,18-19,25H,16-17H2,1-6H3. The summed E-state index contributed by atoms with van der Waals surface area (Å²) in [6, 6.07) is 16.0. The fraction of sp³-hybridized carbons (Fsp3) is 0.429. The van der Waals surface area contributed by atoms with E-state index in [2.05, 4.69) is 4.99 Å². The molecule has 0 saturated carbocycles. The van der Waals surface area contributed by atoms with Crippen molar-refractivity contribution in [3.8, 4) is 0 Å². The molecule has 210 valence electrons. The maximum absolute atomic E-state index is 13.9. The topological polar surface area (TPSA) is 106 Å². The first-order valence-electron chi connectivity index (χ1n) is 12.7. The molecule has 0 bridgehead atoms. The molecule has 0 saturated heterocycles. The predicted molar refractivity (Wildman–Crippen MR) is 158 cm³/mol. The lowest BCUT2D eigenvalue weighted by Crippen LogP contribution is -2.49. The van der Waals surface area contributed by atoms with Gasteiger partial charge >= 0.3 is 0 Å². The van der Waals surface area contributed by atoms with E-state index in [4.69, 9.17) is 11.6 Å². The molecule has 2 aromatic carbocycles. The third kappa shape index (κ3) is 5.26. The maximum atomic E-state index is 13.9. The number of aromatic nitrogens is 1. The molecule has 1 unspecified atom stereocenters. The van der Waals surface area contributed by atoms with Crippen LogP contribution in [0.25, 0.3) is 10.8 Å². The first-order valence-corrected chi connectivity index (χ1v) is 16.9. The fourth-order valence-corrected chi connectivity index (χ4v) is 8.98. The number of pyridine rings is 1. The number of benzene rings is 2. The second-order valence-electron chi connectivity index (χ2n) is 10.9. The third-order valence-electron chi connectivity index (χ3n) is 7.18. The van der Waals surface area contributed by atoms with Gasteiger partial charge in [-0.3, -0.25) is 4.79 Å². The van der Waals surface area contributed by atoms with Crippen LogP contribution in [0.15, 0.2) is 64.4 Å². The lowest BCUT2D eigenvalue weighted by atomic mass is 9.95. The van der Waals surface area contributed by atoms with Crippen LogP contribution in [0.4, 0.5) is 0 Å². The molecule has 1 aromatic heterocycles. The summed E-state index contributed by atoms with van der Waals surface area (Å²) < 4.78 is 51.5. The van der Waals surface area contributed by atoms with E-state index in [1.54, 1.807) is 27.7 Å². The zero-order chi connectivity index (χ0) is 28.9. The molecule has 1 aliphatic rings. The molecule has 2 heterocycles. The Labute approximate surface area is 235 Å². The van der Waals surface area contributed by atoms with Gasteiger partial charge in [0.1, 0.15) is 5.84 Å². The number of fused-ring (bicyclic) bond motifs is 1. The van der Waals surface area contributed by atoms with Crippen LogP contribution in [0, 0.1) is 11.8 Å². The van der Waals surface area contributed by atoms with Gasteiger partial charge in [-0.05, 0) is 41.1 Å². The highest BCUT2D eigenvalue weighted by atomic mass is 35.5. The first kappa shape index (κ1) is 29.3. The number of nitrogens with zero attached hydrogens (tertiary/aromatic N) is 3. The summed E-state index contributed by atoms with van der Waals surface area (Å²) in [5.41, 5.74) is 1.32. The van der Waals surface area contributed by atoms with Gasteiger partial charge in [-0.25, -0.2) is 21.8 Å². The average molecular weight is 592 g/mol. The Bertz CT molecular complexity index is 1680. The molecular weight excluding hydrogens is 558 g/mol. The van der Waals surface area contributed by atoms with Crippen LogP contribution >= 0.6 is 11.6 Å². The van der Waals surface area contributed by atoms with Gasteiger partial charge in [0, 0.05) is 34.5 Å². The van der Waals surface area contributed by atoms with E-state index in [1.165, 1.54) is 0 Å². The number of rotatable bonds is 8. The van der Waals surface area contributed by atoms with E-state index in [1.807, 2.05) is 64.1 Å². The molecule has 0 aliphatic carbocycles. The van der Waals surface area contributed by atoms with Crippen LogP contribution in [-0.4, -0.2) is 55.4 Å². The molecular formula is C28H34ClN3O5S2. The number of hydrogen-bond acceptors (Lipinski definition) is 7. The minimum atomic E-state index is -4.17.